The number of ether oxygens (including phenoxy) is 1. The molecule has 0 atom stereocenters. The Hall–Kier alpha value is -2.00. The van der Waals surface area contributed by atoms with Gasteiger partial charge in [-0.15, -0.1) is 0 Å². The Labute approximate surface area is 123 Å². The van der Waals surface area contributed by atoms with Gasteiger partial charge in [0.15, 0.2) is 0 Å². The minimum absolute atomic E-state index is 0.0241. The molecular formula is C12H17N3O5S. The number of rotatable bonds is 7. The van der Waals surface area contributed by atoms with Crippen LogP contribution in [0.1, 0.15) is 27.8 Å². The molecule has 21 heavy (non-hydrogen) atoms. The summed E-state index contributed by atoms with van der Waals surface area (Å²) in [6, 6.07) is 2.73. The summed E-state index contributed by atoms with van der Waals surface area (Å²) >= 11 is 0. The van der Waals surface area contributed by atoms with Crippen molar-refractivity contribution in [2.45, 2.75) is 6.92 Å². The number of carbonyl (C=O) groups is 2. The van der Waals surface area contributed by atoms with E-state index in [0.29, 0.717) is 0 Å². The molecule has 2 N–H and O–H groups in total. The van der Waals surface area contributed by atoms with Crippen molar-refractivity contribution in [3.8, 4) is 0 Å². The lowest BCUT2D eigenvalue weighted by atomic mass is 10.2. The zero-order valence-electron chi connectivity index (χ0n) is 11.8. The van der Waals surface area contributed by atoms with Crippen LogP contribution in [0, 0.1) is 0 Å². The Balaban J connectivity index is 2.55. The van der Waals surface area contributed by atoms with E-state index in [1.54, 1.807) is 0 Å². The molecule has 0 radical (unpaired) electrons. The molecule has 0 aliphatic rings. The van der Waals surface area contributed by atoms with Crippen molar-refractivity contribution < 1.29 is 22.7 Å². The van der Waals surface area contributed by atoms with Gasteiger partial charge in [0.2, 0.25) is 10.0 Å². The fourth-order valence-electron chi connectivity index (χ4n) is 1.37. The van der Waals surface area contributed by atoms with Crippen molar-refractivity contribution >= 4 is 21.9 Å². The van der Waals surface area contributed by atoms with Crippen LogP contribution >= 0.6 is 0 Å². The number of hydrogen-bond acceptors (Lipinski definition) is 6. The second-order valence-electron chi connectivity index (χ2n) is 3.98. The predicted molar refractivity (Wildman–Crippen MR) is 75.4 cm³/mol. The molecule has 0 saturated carbocycles. The number of nitrogens with one attached hydrogen (secondary N) is 2. The Bertz CT molecular complexity index is 615. The maximum absolute atomic E-state index is 11.8. The summed E-state index contributed by atoms with van der Waals surface area (Å²) in [7, 11) is -2.04. The van der Waals surface area contributed by atoms with E-state index < -0.39 is 21.9 Å². The minimum Gasteiger partial charge on any atom is -0.465 e. The summed E-state index contributed by atoms with van der Waals surface area (Å²) in [6.07, 6.45) is 1.32. The van der Waals surface area contributed by atoms with Gasteiger partial charge in [0.1, 0.15) is 5.69 Å². The number of nitrogens with zero attached hydrogens (tertiary/aromatic N) is 1. The molecule has 116 valence electrons. The molecule has 0 unspecified atom stereocenters. The molecular weight excluding hydrogens is 298 g/mol. The number of sulfonamides is 1. The molecule has 0 spiro atoms. The average Bonchev–Trinajstić information content (AvgIpc) is 2.50. The number of amides is 1. The summed E-state index contributed by atoms with van der Waals surface area (Å²) < 4.78 is 29.2. The lowest BCUT2D eigenvalue weighted by Gasteiger charge is -2.07. The van der Waals surface area contributed by atoms with E-state index in [1.807, 2.05) is 0 Å². The highest BCUT2D eigenvalue weighted by Crippen LogP contribution is 2.03. The fraction of sp³-hybridized carbons (Fsp3) is 0.417. The maximum Gasteiger partial charge on any atom is 0.337 e. The highest BCUT2D eigenvalue weighted by atomic mass is 32.2. The summed E-state index contributed by atoms with van der Waals surface area (Å²) in [6.45, 7) is 1.71. The van der Waals surface area contributed by atoms with Crippen molar-refractivity contribution in [2.24, 2.45) is 0 Å². The van der Waals surface area contributed by atoms with Crippen LogP contribution in [-0.2, 0) is 14.8 Å². The molecule has 0 bridgehead atoms. The van der Waals surface area contributed by atoms with Crippen molar-refractivity contribution in [1.82, 2.24) is 15.0 Å². The monoisotopic (exact) mass is 315 g/mol. The number of carbonyl (C=O) groups excluding carboxylic acids is 2. The van der Waals surface area contributed by atoms with Crippen LogP contribution in [-0.4, -0.2) is 51.2 Å². The lowest BCUT2D eigenvalue weighted by Crippen LogP contribution is -2.35. The Morgan fingerprint density at radius 1 is 1.33 bits per heavy atom. The standard InChI is InChI=1S/C12H17N3O5S/c1-3-21(18,19)15-7-6-14-11(16)10-8-9(4-5-13-10)12(17)20-2/h4-5,8,15H,3,6-7H2,1-2H3,(H,14,16). The molecule has 0 aliphatic heterocycles. The van der Waals surface area contributed by atoms with Gasteiger partial charge in [0, 0.05) is 19.3 Å². The number of aromatic nitrogens is 1. The van der Waals surface area contributed by atoms with Gasteiger partial charge in [0.25, 0.3) is 5.91 Å². The smallest absolute Gasteiger partial charge is 0.337 e. The summed E-state index contributed by atoms with van der Waals surface area (Å²) in [4.78, 5) is 27.0. The lowest BCUT2D eigenvalue weighted by molar-refractivity contribution is 0.0600. The summed E-state index contributed by atoms with van der Waals surface area (Å²) in [5.74, 6) is -1.09. The van der Waals surface area contributed by atoms with E-state index >= 15 is 0 Å². The third kappa shape index (κ3) is 5.48. The Morgan fingerprint density at radius 3 is 2.67 bits per heavy atom. The van der Waals surface area contributed by atoms with Crippen LogP contribution in [0.2, 0.25) is 0 Å². The van der Waals surface area contributed by atoms with Crippen molar-refractivity contribution in [2.75, 3.05) is 26.0 Å². The van der Waals surface area contributed by atoms with Crippen LogP contribution in [0.4, 0.5) is 0 Å². The molecule has 0 aromatic carbocycles. The third-order valence-corrected chi connectivity index (χ3v) is 3.93. The zero-order valence-corrected chi connectivity index (χ0v) is 12.6. The van der Waals surface area contributed by atoms with E-state index in [1.165, 1.54) is 32.4 Å². The molecule has 1 rings (SSSR count). The molecule has 1 aromatic rings. The van der Waals surface area contributed by atoms with Gasteiger partial charge in [-0.1, -0.05) is 0 Å². The van der Waals surface area contributed by atoms with Crippen molar-refractivity contribution in [3.63, 3.8) is 0 Å². The van der Waals surface area contributed by atoms with Crippen molar-refractivity contribution in [1.29, 1.82) is 0 Å². The molecule has 1 amide bonds. The average molecular weight is 315 g/mol. The number of pyridine rings is 1. The van der Waals surface area contributed by atoms with E-state index in [0.717, 1.165) is 0 Å². The van der Waals surface area contributed by atoms with E-state index in [9.17, 15) is 18.0 Å². The van der Waals surface area contributed by atoms with Gasteiger partial charge in [-0.3, -0.25) is 9.78 Å². The number of methoxy groups -OCH3 is 1. The second-order valence-corrected chi connectivity index (χ2v) is 6.07. The summed E-state index contributed by atoms with van der Waals surface area (Å²) in [5.41, 5.74) is 0.264. The summed E-state index contributed by atoms with van der Waals surface area (Å²) in [5, 5.41) is 2.50. The zero-order chi connectivity index (χ0) is 15.9. The fourth-order valence-corrected chi connectivity index (χ4v) is 1.99. The molecule has 9 heteroatoms. The quantitative estimate of drug-likeness (QED) is 0.520. The van der Waals surface area contributed by atoms with Gasteiger partial charge < -0.3 is 10.1 Å². The molecule has 0 saturated heterocycles. The van der Waals surface area contributed by atoms with Gasteiger partial charge in [-0.2, -0.15) is 0 Å². The number of hydrogen-bond donors (Lipinski definition) is 2. The van der Waals surface area contributed by atoms with Crippen LogP contribution in [0.5, 0.6) is 0 Å². The minimum atomic E-state index is -3.28. The SMILES string of the molecule is CCS(=O)(=O)NCCNC(=O)c1cc(C(=O)OC)ccn1. The first-order valence-electron chi connectivity index (χ1n) is 6.19. The molecule has 1 heterocycles. The van der Waals surface area contributed by atoms with Crippen LogP contribution in [0.15, 0.2) is 18.3 Å². The Morgan fingerprint density at radius 2 is 2.05 bits per heavy atom. The first-order chi connectivity index (χ1) is 9.89. The molecule has 1 aromatic heterocycles. The van der Waals surface area contributed by atoms with Gasteiger partial charge in [-0.25, -0.2) is 17.9 Å². The maximum atomic E-state index is 11.8. The van der Waals surface area contributed by atoms with E-state index in [-0.39, 0.29) is 30.1 Å². The first-order valence-corrected chi connectivity index (χ1v) is 7.84. The first kappa shape index (κ1) is 17.1. The van der Waals surface area contributed by atoms with Gasteiger partial charge in [0.05, 0.1) is 18.4 Å². The highest BCUT2D eigenvalue weighted by Gasteiger charge is 2.12. The largest absolute Gasteiger partial charge is 0.465 e. The van der Waals surface area contributed by atoms with Crippen LogP contribution < -0.4 is 10.0 Å². The molecule has 0 aliphatic carbocycles. The molecule has 8 nitrogen and oxygen atoms in total. The van der Waals surface area contributed by atoms with Crippen molar-refractivity contribution in [3.05, 3.63) is 29.6 Å². The van der Waals surface area contributed by atoms with E-state index in [2.05, 4.69) is 19.8 Å². The van der Waals surface area contributed by atoms with Gasteiger partial charge >= 0.3 is 5.97 Å². The van der Waals surface area contributed by atoms with E-state index in [4.69, 9.17) is 0 Å². The number of esters is 1. The highest BCUT2D eigenvalue weighted by molar-refractivity contribution is 7.89. The molecule has 0 fully saturated rings. The normalized spacial score (nSPS) is 11.0. The van der Waals surface area contributed by atoms with Gasteiger partial charge in [-0.05, 0) is 19.1 Å². The van der Waals surface area contributed by atoms with Crippen LogP contribution in [0.25, 0.3) is 0 Å². The topological polar surface area (TPSA) is 114 Å². The third-order valence-electron chi connectivity index (χ3n) is 2.53. The van der Waals surface area contributed by atoms with Crippen LogP contribution in [0.3, 0.4) is 0 Å². The predicted octanol–water partition coefficient (Wildman–Crippen LogP) is -0.463. The second kappa shape index (κ2) is 7.70. The Kier molecular flexibility index (Phi) is 6.25.